The lowest BCUT2D eigenvalue weighted by molar-refractivity contribution is -0.142. The highest BCUT2D eigenvalue weighted by Gasteiger charge is 2.39. The maximum atomic E-state index is 12.5. The fourth-order valence-electron chi connectivity index (χ4n) is 2.74. The van der Waals surface area contributed by atoms with Gasteiger partial charge in [0.2, 0.25) is 5.91 Å². The summed E-state index contributed by atoms with van der Waals surface area (Å²) in [5, 5.41) is 8.82. The number of nitrogens with zero attached hydrogens (tertiary/aromatic N) is 2. The maximum Gasteiger partial charge on any atom is 0.227 e. The van der Waals surface area contributed by atoms with Gasteiger partial charge in [0.1, 0.15) is 6.54 Å². The molecule has 0 aromatic carbocycles. The molecule has 17 heavy (non-hydrogen) atoms. The molecule has 0 heterocycles. The second-order valence-corrected chi connectivity index (χ2v) is 6.00. The Bertz CT molecular complexity index is 315. The molecule has 1 atom stereocenters. The maximum absolute atomic E-state index is 12.5. The molecule has 3 heteroatoms. The van der Waals surface area contributed by atoms with Crippen molar-refractivity contribution >= 4 is 5.91 Å². The van der Waals surface area contributed by atoms with Crippen molar-refractivity contribution < 1.29 is 4.79 Å². The van der Waals surface area contributed by atoms with E-state index in [2.05, 4.69) is 19.9 Å². The highest BCUT2D eigenvalue weighted by molar-refractivity contribution is 5.80. The first-order valence-electron chi connectivity index (χ1n) is 6.57. The van der Waals surface area contributed by atoms with Gasteiger partial charge in [-0.05, 0) is 32.1 Å². The molecule has 1 amide bonds. The summed E-state index contributed by atoms with van der Waals surface area (Å²) < 4.78 is 0. The van der Waals surface area contributed by atoms with Crippen molar-refractivity contribution in [3.8, 4) is 6.07 Å². The van der Waals surface area contributed by atoms with E-state index < -0.39 is 0 Å². The van der Waals surface area contributed by atoms with E-state index in [9.17, 15) is 4.79 Å². The van der Waals surface area contributed by atoms with Gasteiger partial charge >= 0.3 is 0 Å². The topological polar surface area (TPSA) is 44.1 Å². The summed E-state index contributed by atoms with van der Waals surface area (Å²) in [4.78, 5) is 14.2. The molecular formula is C14H24N2O. The Morgan fingerprint density at radius 3 is 2.59 bits per heavy atom. The van der Waals surface area contributed by atoms with E-state index in [1.165, 1.54) is 6.42 Å². The summed E-state index contributed by atoms with van der Waals surface area (Å²) in [5.41, 5.74) is 0.0813. The third-order valence-corrected chi connectivity index (χ3v) is 3.95. The van der Waals surface area contributed by atoms with E-state index >= 15 is 0 Å². The predicted octanol–water partition coefficient (Wildman–Crippen LogP) is 2.96. The zero-order chi connectivity index (χ0) is 13.1. The Kier molecular flexibility index (Phi) is 4.56. The van der Waals surface area contributed by atoms with Crippen LogP contribution in [0.5, 0.6) is 0 Å². The first-order valence-corrected chi connectivity index (χ1v) is 6.57. The third-order valence-electron chi connectivity index (χ3n) is 3.95. The summed E-state index contributed by atoms with van der Waals surface area (Å²) in [5.74, 6) is 0.262. The molecule has 0 saturated heterocycles. The van der Waals surface area contributed by atoms with Crippen molar-refractivity contribution in [2.45, 2.75) is 59.4 Å². The molecule has 1 aliphatic carbocycles. The van der Waals surface area contributed by atoms with E-state index in [1.807, 2.05) is 13.8 Å². The van der Waals surface area contributed by atoms with Gasteiger partial charge in [-0.2, -0.15) is 5.26 Å². The van der Waals surface area contributed by atoms with Crippen molar-refractivity contribution in [3.63, 3.8) is 0 Å². The number of amides is 1. The molecule has 96 valence electrons. The largest absolute Gasteiger partial charge is 0.327 e. The minimum Gasteiger partial charge on any atom is -0.327 e. The zero-order valence-corrected chi connectivity index (χ0v) is 11.5. The van der Waals surface area contributed by atoms with Crippen LogP contribution in [0.4, 0.5) is 0 Å². The van der Waals surface area contributed by atoms with E-state index in [0.29, 0.717) is 0 Å². The van der Waals surface area contributed by atoms with Crippen molar-refractivity contribution in [2.24, 2.45) is 11.3 Å². The molecule has 1 unspecified atom stereocenters. The second kappa shape index (κ2) is 5.53. The molecule has 0 radical (unpaired) electrons. The van der Waals surface area contributed by atoms with Gasteiger partial charge in [-0.1, -0.05) is 26.7 Å². The van der Waals surface area contributed by atoms with Crippen LogP contribution in [-0.2, 0) is 4.79 Å². The number of hydrogen-bond donors (Lipinski definition) is 0. The fraction of sp³-hybridized carbons (Fsp3) is 0.857. The van der Waals surface area contributed by atoms with Gasteiger partial charge in [0.15, 0.2) is 0 Å². The minimum absolute atomic E-state index is 0.0813. The Hall–Kier alpha value is -1.04. The normalized spacial score (nSPS) is 23.2. The number of nitriles is 1. The Labute approximate surface area is 105 Å². The number of carbonyl (C=O) groups excluding carboxylic acids is 1. The van der Waals surface area contributed by atoms with Gasteiger partial charge in [0.25, 0.3) is 0 Å². The standard InChI is InChI=1S/C14H24N2O/c1-11(2)16(10-9-15)13(17)12-7-5-6-8-14(12,3)4/h11-12H,5-8,10H2,1-4H3. The van der Waals surface area contributed by atoms with Crippen LogP contribution in [0.25, 0.3) is 0 Å². The van der Waals surface area contributed by atoms with E-state index in [-0.39, 0.29) is 29.8 Å². The van der Waals surface area contributed by atoms with E-state index in [1.54, 1.807) is 4.90 Å². The summed E-state index contributed by atoms with van der Waals surface area (Å²) in [7, 11) is 0. The average Bonchev–Trinajstić information content (AvgIpc) is 2.24. The third kappa shape index (κ3) is 3.21. The highest BCUT2D eigenvalue weighted by atomic mass is 16.2. The second-order valence-electron chi connectivity index (χ2n) is 6.00. The lowest BCUT2D eigenvalue weighted by atomic mass is 9.68. The van der Waals surface area contributed by atoms with Crippen molar-refractivity contribution in [2.75, 3.05) is 6.54 Å². The van der Waals surface area contributed by atoms with Gasteiger partial charge in [0, 0.05) is 12.0 Å². The van der Waals surface area contributed by atoms with Crippen LogP contribution in [0, 0.1) is 22.7 Å². The molecule has 0 N–H and O–H groups in total. The van der Waals surface area contributed by atoms with Gasteiger partial charge in [-0.25, -0.2) is 0 Å². The summed E-state index contributed by atoms with van der Waals surface area (Å²) in [6.45, 7) is 8.53. The molecule has 0 aliphatic heterocycles. The molecule has 1 aliphatic rings. The fourth-order valence-corrected chi connectivity index (χ4v) is 2.74. The van der Waals surface area contributed by atoms with E-state index in [0.717, 1.165) is 19.3 Å². The first kappa shape index (κ1) is 14.0. The Morgan fingerprint density at radius 2 is 2.12 bits per heavy atom. The lowest BCUT2D eigenvalue weighted by Crippen LogP contribution is -2.46. The quantitative estimate of drug-likeness (QED) is 0.707. The molecule has 1 saturated carbocycles. The zero-order valence-electron chi connectivity index (χ0n) is 11.5. The SMILES string of the molecule is CC(C)N(CC#N)C(=O)C1CCCCC1(C)C. The Morgan fingerprint density at radius 1 is 1.47 bits per heavy atom. The monoisotopic (exact) mass is 236 g/mol. The lowest BCUT2D eigenvalue weighted by Gasteiger charge is -2.40. The molecular weight excluding hydrogens is 212 g/mol. The van der Waals surface area contributed by atoms with Crippen molar-refractivity contribution in [1.29, 1.82) is 5.26 Å². The summed E-state index contributed by atoms with van der Waals surface area (Å²) >= 11 is 0. The number of carbonyl (C=O) groups is 1. The van der Waals surface area contributed by atoms with Gasteiger partial charge in [0.05, 0.1) is 6.07 Å². The Balaban J connectivity index is 2.82. The van der Waals surface area contributed by atoms with Crippen molar-refractivity contribution in [1.82, 2.24) is 4.90 Å². The molecule has 3 nitrogen and oxygen atoms in total. The molecule has 0 aromatic rings. The minimum atomic E-state index is 0.0813. The van der Waals surface area contributed by atoms with E-state index in [4.69, 9.17) is 5.26 Å². The smallest absolute Gasteiger partial charge is 0.227 e. The molecule has 0 bridgehead atoms. The van der Waals surface area contributed by atoms with Gasteiger partial charge in [-0.15, -0.1) is 0 Å². The molecule has 0 spiro atoms. The first-order chi connectivity index (χ1) is 7.90. The summed E-state index contributed by atoms with van der Waals surface area (Å²) in [6, 6.07) is 2.21. The molecule has 0 aromatic heterocycles. The van der Waals surface area contributed by atoms with Crippen LogP contribution in [0.3, 0.4) is 0 Å². The van der Waals surface area contributed by atoms with Gasteiger partial charge < -0.3 is 4.90 Å². The molecule has 1 fully saturated rings. The van der Waals surface area contributed by atoms with Crippen molar-refractivity contribution in [3.05, 3.63) is 0 Å². The van der Waals surface area contributed by atoms with Crippen LogP contribution in [0.1, 0.15) is 53.4 Å². The van der Waals surface area contributed by atoms with Crippen LogP contribution >= 0.6 is 0 Å². The number of rotatable bonds is 3. The molecule has 1 rings (SSSR count). The van der Waals surface area contributed by atoms with Crippen LogP contribution < -0.4 is 0 Å². The average molecular weight is 236 g/mol. The highest BCUT2D eigenvalue weighted by Crippen LogP contribution is 2.41. The summed E-state index contributed by atoms with van der Waals surface area (Å²) in [6.07, 6.45) is 4.44. The van der Waals surface area contributed by atoms with Crippen LogP contribution in [0.15, 0.2) is 0 Å². The van der Waals surface area contributed by atoms with Crippen LogP contribution in [0.2, 0.25) is 0 Å². The number of hydrogen-bond acceptors (Lipinski definition) is 2. The van der Waals surface area contributed by atoms with Crippen LogP contribution in [-0.4, -0.2) is 23.4 Å². The predicted molar refractivity (Wildman–Crippen MR) is 68.2 cm³/mol. The van der Waals surface area contributed by atoms with Gasteiger partial charge in [-0.3, -0.25) is 4.79 Å².